The third-order valence-electron chi connectivity index (χ3n) is 4.92. The van der Waals surface area contributed by atoms with Gasteiger partial charge in [0.1, 0.15) is 12.3 Å². The number of piperidine rings is 1. The van der Waals surface area contributed by atoms with E-state index in [9.17, 15) is 14.9 Å². The first-order valence-corrected chi connectivity index (χ1v) is 9.45. The second kappa shape index (κ2) is 9.27. The van der Waals surface area contributed by atoms with Gasteiger partial charge >= 0.3 is 5.97 Å². The van der Waals surface area contributed by atoms with Gasteiger partial charge in [-0.3, -0.25) is 10.1 Å². The molecule has 3 rings (SSSR count). The Labute approximate surface area is 169 Å². The third-order valence-corrected chi connectivity index (χ3v) is 4.92. The molecule has 0 aromatic heterocycles. The van der Waals surface area contributed by atoms with Gasteiger partial charge in [-0.15, -0.1) is 0 Å². The zero-order chi connectivity index (χ0) is 20.8. The maximum Gasteiger partial charge on any atom is 0.338 e. The molecule has 1 aliphatic rings. The van der Waals surface area contributed by atoms with E-state index >= 15 is 0 Å². The number of nitrogens with zero attached hydrogens (tertiary/aromatic N) is 2. The highest BCUT2D eigenvalue weighted by molar-refractivity contribution is 5.91. The van der Waals surface area contributed by atoms with Crippen LogP contribution in [0, 0.1) is 10.1 Å². The van der Waals surface area contributed by atoms with E-state index in [0.717, 1.165) is 37.9 Å². The molecule has 1 fully saturated rings. The van der Waals surface area contributed by atoms with Crippen LogP contribution in [-0.2, 0) is 11.3 Å². The molecule has 0 atom stereocenters. The van der Waals surface area contributed by atoms with Crippen LogP contribution in [0.25, 0.3) is 0 Å². The lowest BCUT2D eigenvalue weighted by Crippen LogP contribution is -2.30. The standard InChI is InChI=1S/C21H24N2O6/c1-27-19-9-6-15(12-20(19)28-2)14-29-21(24)16-7-8-17(18(13-16)23(25)26)22-10-4-3-5-11-22/h6-9,12-13H,3-5,10-11,14H2,1-2H3. The average molecular weight is 400 g/mol. The molecule has 1 aliphatic heterocycles. The van der Waals surface area contributed by atoms with Crippen molar-refractivity contribution in [2.24, 2.45) is 0 Å². The molecule has 0 radical (unpaired) electrons. The van der Waals surface area contributed by atoms with Gasteiger partial charge in [-0.25, -0.2) is 4.79 Å². The van der Waals surface area contributed by atoms with Crippen LogP contribution in [0.1, 0.15) is 35.2 Å². The van der Waals surface area contributed by atoms with Crippen molar-refractivity contribution < 1.29 is 23.9 Å². The average Bonchev–Trinajstić information content (AvgIpc) is 2.77. The van der Waals surface area contributed by atoms with Crippen LogP contribution in [0.3, 0.4) is 0 Å². The van der Waals surface area contributed by atoms with Crippen LogP contribution in [0.4, 0.5) is 11.4 Å². The molecule has 0 saturated carbocycles. The minimum absolute atomic E-state index is 0.0147. The summed E-state index contributed by atoms with van der Waals surface area (Å²) in [6.45, 7) is 1.58. The normalized spacial score (nSPS) is 13.7. The number of carbonyl (C=O) groups is 1. The molecule has 2 aromatic carbocycles. The molecule has 0 unspecified atom stereocenters. The molecule has 1 saturated heterocycles. The van der Waals surface area contributed by atoms with Gasteiger partial charge in [-0.2, -0.15) is 0 Å². The highest BCUT2D eigenvalue weighted by Gasteiger charge is 2.23. The van der Waals surface area contributed by atoms with Gasteiger partial charge in [0, 0.05) is 19.2 Å². The Kier molecular flexibility index (Phi) is 6.54. The fraction of sp³-hybridized carbons (Fsp3) is 0.381. The summed E-state index contributed by atoms with van der Waals surface area (Å²) in [6, 6.07) is 9.70. The van der Waals surface area contributed by atoms with Gasteiger partial charge in [-0.05, 0) is 49.1 Å². The van der Waals surface area contributed by atoms with Crippen molar-refractivity contribution >= 4 is 17.3 Å². The van der Waals surface area contributed by atoms with Crippen molar-refractivity contribution in [3.8, 4) is 11.5 Å². The number of rotatable bonds is 7. The van der Waals surface area contributed by atoms with Crippen molar-refractivity contribution in [2.75, 3.05) is 32.2 Å². The van der Waals surface area contributed by atoms with E-state index in [4.69, 9.17) is 14.2 Å². The lowest BCUT2D eigenvalue weighted by molar-refractivity contribution is -0.384. The lowest BCUT2D eigenvalue weighted by atomic mass is 10.1. The first-order chi connectivity index (χ1) is 14.0. The van der Waals surface area contributed by atoms with Crippen LogP contribution in [0.15, 0.2) is 36.4 Å². The van der Waals surface area contributed by atoms with Crippen LogP contribution in [0.2, 0.25) is 0 Å². The van der Waals surface area contributed by atoms with Gasteiger partial charge in [0.15, 0.2) is 11.5 Å². The van der Waals surface area contributed by atoms with Crippen molar-refractivity contribution in [3.63, 3.8) is 0 Å². The smallest absolute Gasteiger partial charge is 0.338 e. The Balaban J connectivity index is 1.73. The van der Waals surface area contributed by atoms with E-state index in [0.29, 0.717) is 17.2 Å². The van der Waals surface area contributed by atoms with E-state index in [1.54, 1.807) is 30.3 Å². The largest absolute Gasteiger partial charge is 0.493 e. The summed E-state index contributed by atoms with van der Waals surface area (Å²) >= 11 is 0. The minimum atomic E-state index is -0.618. The highest BCUT2D eigenvalue weighted by Crippen LogP contribution is 2.32. The maximum atomic E-state index is 12.4. The molecule has 0 N–H and O–H groups in total. The summed E-state index contributed by atoms with van der Waals surface area (Å²) in [5, 5.41) is 11.6. The monoisotopic (exact) mass is 400 g/mol. The molecule has 1 heterocycles. The Hall–Kier alpha value is -3.29. The molecule has 29 heavy (non-hydrogen) atoms. The number of nitro benzene ring substituents is 1. The molecule has 0 amide bonds. The fourth-order valence-corrected chi connectivity index (χ4v) is 3.40. The van der Waals surface area contributed by atoms with E-state index < -0.39 is 10.9 Å². The molecular weight excluding hydrogens is 376 g/mol. The topological polar surface area (TPSA) is 91.1 Å². The van der Waals surface area contributed by atoms with Gasteiger partial charge in [-0.1, -0.05) is 6.07 Å². The molecule has 8 nitrogen and oxygen atoms in total. The summed E-state index contributed by atoms with van der Waals surface area (Å²) in [6.07, 6.45) is 3.14. The van der Waals surface area contributed by atoms with Gasteiger partial charge in [0.25, 0.3) is 5.69 Å². The second-order valence-electron chi connectivity index (χ2n) is 6.77. The second-order valence-corrected chi connectivity index (χ2v) is 6.77. The van der Waals surface area contributed by atoms with Crippen LogP contribution >= 0.6 is 0 Å². The zero-order valence-corrected chi connectivity index (χ0v) is 16.6. The Morgan fingerprint density at radius 3 is 2.41 bits per heavy atom. The van der Waals surface area contributed by atoms with Gasteiger partial charge < -0.3 is 19.1 Å². The summed E-state index contributed by atoms with van der Waals surface area (Å²) in [4.78, 5) is 25.5. The first kappa shape index (κ1) is 20.4. The quantitative estimate of drug-likeness (QED) is 0.395. The SMILES string of the molecule is COc1ccc(COC(=O)c2ccc(N3CCCCC3)c([N+](=O)[O-])c2)cc1OC. The molecule has 8 heteroatoms. The number of ether oxygens (including phenoxy) is 3. The molecule has 0 aliphatic carbocycles. The predicted octanol–water partition coefficient (Wildman–Crippen LogP) is 3.96. The number of carbonyl (C=O) groups excluding carboxylic acids is 1. The maximum absolute atomic E-state index is 12.4. The number of hydrogen-bond donors (Lipinski definition) is 0. The summed E-state index contributed by atoms with van der Waals surface area (Å²) in [5.41, 5.74) is 1.34. The van der Waals surface area contributed by atoms with Crippen LogP contribution < -0.4 is 14.4 Å². The summed E-state index contributed by atoms with van der Waals surface area (Å²) in [7, 11) is 3.06. The molecule has 0 bridgehead atoms. The van der Waals surface area contributed by atoms with Crippen molar-refractivity contribution in [1.29, 1.82) is 0 Å². The van der Waals surface area contributed by atoms with E-state index in [-0.39, 0.29) is 17.9 Å². The Morgan fingerprint density at radius 1 is 1.03 bits per heavy atom. The number of methoxy groups -OCH3 is 2. The third kappa shape index (κ3) is 4.77. The molecule has 2 aromatic rings. The molecular formula is C21H24N2O6. The van der Waals surface area contributed by atoms with E-state index in [1.807, 2.05) is 4.90 Å². The fourth-order valence-electron chi connectivity index (χ4n) is 3.40. The number of anilines is 1. The van der Waals surface area contributed by atoms with E-state index in [2.05, 4.69) is 0 Å². The first-order valence-electron chi connectivity index (χ1n) is 9.45. The summed E-state index contributed by atoms with van der Waals surface area (Å²) < 4.78 is 15.8. The van der Waals surface area contributed by atoms with Crippen molar-refractivity contribution in [1.82, 2.24) is 0 Å². The molecule has 0 spiro atoms. The van der Waals surface area contributed by atoms with Crippen LogP contribution in [0.5, 0.6) is 11.5 Å². The lowest BCUT2D eigenvalue weighted by Gasteiger charge is -2.28. The molecule has 154 valence electrons. The summed E-state index contributed by atoms with van der Waals surface area (Å²) in [5.74, 6) is 0.488. The van der Waals surface area contributed by atoms with Crippen molar-refractivity contribution in [2.45, 2.75) is 25.9 Å². The van der Waals surface area contributed by atoms with Crippen molar-refractivity contribution in [3.05, 3.63) is 57.6 Å². The Bertz CT molecular complexity index is 893. The van der Waals surface area contributed by atoms with Gasteiger partial charge in [0.05, 0.1) is 24.7 Å². The van der Waals surface area contributed by atoms with Crippen LogP contribution in [-0.4, -0.2) is 38.2 Å². The number of benzene rings is 2. The zero-order valence-electron chi connectivity index (χ0n) is 16.6. The number of nitro groups is 1. The number of esters is 1. The minimum Gasteiger partial charge on any atom is -0.493 e. The predicted molar refractivity (Wildman–Crippen MR) is 108 cm³/mol. The van der Waals surface area contributed by atoms with E-state index in [1.165, 1.54) is 20.3 Å². The number of hydrogen-bond acceptors (Lipinski definition) is 7. The van der Waals surface area contributed by atoms with Gasteiger partial charge in [0.2, 0.25) is 0 Å². The Morgan fingerprint density at radius 2 is 1.76 bits per heavy atom. The highest BCUT2D eigenvalue weighted by atomic mass is 16.6.